The summed E-state index contributed by atoms with van der Waals surface area (Å²) >= 11 is 0. The zero-order chi connectivity index (χ0) is 22.6. The Labute approximate surface area is 183 Å². The standard InChI is InChI=1S/C23H30N4O3S/c1-26(2)13-12-19-16-27(15-18-4-8-20(9-5-18)25-31(3,29)30)22-10-6-17(14-21(19)22)7-11-23(24)28/h4-6,8-10,14,16,25H,7,11-13,15H2,1-3H3,(H2,24,28). The molecule has 3 N–H and O–H groups in total. The third kappa shape index (κ3) is 6.57. The smallest absolute Gasteiger partial charge is 0.229 e. The van der Waals surface area contributed by atoms with Gasteiger partial charge < -0.3 is 15.2 Å². The molecule has 0 fully saturated rings. The van der Waals surface area contributed by atoms with Crippen LogP contribution in [0.1, 0.15) is 23.1 Å². The predicted octanol–water partition coefficient (Wildman–Crippen LogP) is 2.58. The number of aromatic nitrogens is 1. The van der Waals surface area contributed by atoms with Crippen LogP contribution in [0, 0.1) is 0 Å². The number of amides is 1. The van der Waals surface area contributed by atoms with Gasteiger partial charge in [-0.3, -0.25) is 9.52 Å². The van der Waals surface area contributed by atoms with E-state index in [0.717, 1.165) is 35.9 Å². The molecule has 0 aliphatic rings. The number of primary amides is 1. The Balaban J connectivity index is 1.89. The first-order valence-electron chi connectivity index (χ1n) is 10.2. The van der Waals surface area contributed by atoms with E-state index in [2.05, 4.69) is 52.7 Å². The molecule has 0 aliphatic heterocycles. The van der Waals surface area contributed by atoms with E-state index in [9.17, 15) is 13.2 Å². The molecule has 0 saturated heterocycles. The first kappa shape index (κ1) is 22.8. The van der Waals surface area contributed by atoms with Gasteiger partial charge in [-0.1, -0.05) is 18.2 Å². The summed E-state index contributed by atoms with van der Waals surface area (Å²) in [5, 5.41) is 1.19. The van der Waals surface area contributed by atoms with E-state index < -0.39 is 10.0 Å². The van der Waals surface area contributed by atoms with Crippen molar-refractivity contribution >= 4 is 32.5 Å². The SMILES string of the molecule is CN(C)CCc1cn(Cc2ccc(NS(C)(=O)=O)cc2)c2ccc(CCC(N)=O)cc12. The van der Waals surface area contributed by atoms with Crippen molar-refractivity contribution in [1.82, 2.24) is 9.47 Å². The van der Waals surface area contributed by atoms with Gasteiger partial charge in [0.2, 0.25) is 15.9 Å². The van der Waals surface area contributed by atoms with Crippen LogP contribution in [-0.2, 0) is 34.2 Å². The second-order valence-corrected chi connectivity index (χ2v) is 9.97. The van der Waals surface area contributed by atoms with E-state index in [4.69, 9.17) is 5.73 Å². The van der Waals surface area contributed by atoms with Crippen molar-refractivity contribution in [2.75, 3.05) is 31.6 Å². The summed E-state index contributed by atoms with van der Waals surface area (Å²) in [5.41, 5.74) is 10.4. The molecule has 1 heterocycles. The molecule has 7 nitrogen and oxygen atoms in total. The second-order valence-electron chi connectivity index (χ2n) is 8.22. The maximum absolute atomic E-state index is 11.4. The number of carbonyl (C=O) groups excluding carboxylic acids is 1. The Morgan fingerprint density at radius 1 is 1.06 bits per heavy atom. The van der Waals surface area contributed by atoms with E-state index in [1.54, 1.807) is 12.1 Å². The molecule has 0 bridgehead atoms. The highest BCUT2D eigenvalue weighted by molar-refractivity contribution is 7.92. The zero-order valence-corrected chi connectivity index (χ0v) is 19.1. The first-order chi connectivity index (χ1) is 14.6. The molecule has 0 unspecified atom stereocenters. The molecule has 0 saturated carbocycles. The van der Waals surface area contributed by atoms with Crippen molar-refractivity contribution in [1.29, 1.82) is 0 Å². The van der Waals surface area contributed by atoms with E-state index in [1.165, 1.54) is 10.9 Å². The molecule has 31 heavy (non-hydrogen) atoms. The van der Waals surface area contributed by atoms with Gasteiger partial charge in [0.05, 0.1) is 6.26 Å². The van der Waals surface area contributed by atoms with Crippen molar-refractivity contribution in [3.63, 3.8) is 0 Å². The molecule has 1 amide bonds. The fourth-order valence-corrected chi connectivity index (χ4v) is 4.17. The summed E-state index contributed by atoms with van der Waals surface area (Å²) in [6.45, 7) is 1.62. The Bertz CT molecular complexity index is 1170. The van der Waals surface area contributed by atoms with Gasteiger partial charge in [0.1, 0.15) is 0 Å². The topological polar surface area (TPSA) is 97.4 Å². The number of sulfonamides is 1. The van der Waals surface area contributed by atoms with Gasteiger partial charge in [0, 0.05) is 42.3 Å². The second kappa shape index (κ2) is 9.53. The number of likely N-dealkylation sites (N-methyl/N-ethyl adjacent to an activating group) is 1. The third-order valence-corrected chi connectivity index (χ3v) is 5.73. The molecule has 1 aromatic heterocycles. The van der Waals surface area contributed by atoms with Crippen molar-refractivity contribution < 1.29 is 13.2 Å². The highest BCUT2D eigenvalue weighted by Gasteiger charge is 2.11. The number of carbonyl (C=O) groups is 1. The number of hydrogen-bond donors (Lipinski definition) is 2. The third-order valence-electron chi connectivity index (χ3n) is 5.13. The summed E-state index contributed by atoms with van der Waals surface area (Å²) < 4.78 is 27.5. The molecule has 3 aromatic rings. The fourth-order valence-electron chi connectivity index (χ4n) is 3.60. The molecule has 8 heteroatoms. The van der Waals surface area contributed by atoms with Crippen molar-refractivity contribution in [2.24, 2.45) is 5.73 Å². The minimum absolute atomic E-state index is 0.292. The van der Waals surface area contributed by atoms with Crippen LogP contribution in [0.2, 0.25) is 0 Å². The molecule has 0 aliphatic carbocycles. The summed E-state index contributed by atoms with van der Waals surface area (Å²) in [6, 6.07) is 13.7. The van der Waals surface area contributed by atoms with Gasteiger partial charge in [-0.25, -0.2) is 8.42 Å². The number of fused-ring (bicyclic) bond motifs is 1. The lowest BCUT2D eigenvalue weighted by Crippen LogP contribution is -2.14. The normalized spacial score (nSPS) is 11.9. The summed E-state index contributed by atoms with van der Waals surface area (Å²) in [4.78, 5) is 13.3. The van der Waals surface area contributed by atoms with Gasteiger partial charge in [-0.2, -0.15) is 0 Å². The number of anilines is 1. The molecule has 3 rings (SSSR count). The van der Waals surface area contributed by atoms with Crippen LogP contribution in [0.3, 0.4) is 0 Å². The lowest BCUT2D eigenvalue weighted by molar-refractivity contribution is -0.117. The van der Waals surface area contributed by atoms with Gasteiger partial charge >= 0.3 is 0 Å². The van der Waals surface area contributed by atoms with Crippen LogP contribution < -0.4 is 10.5 Å². The number of benzene rings is 2. The lowest BCUT2D eigenvalue weighted by atomic mass is 10.0. The molecule has 2 aromatic carbocycles. The van der Waals surface area contributed by atoms with Crippen LogP contribution in [0.4, 0.5) is 5.69 Å². The van der Waals surface area contributed by atoms with Crippen LogP contribution in [-0.4, -0.2) is 50.7 Å². The number of hydrogen-bond acceptors (Lipinski definition) is 4. The minimum Gasteiger partial charge on any atom is -0.370 e. The predicted molar refractivity (Wildman–Crippen MR) is 126 cm³/mol. The molecule has 0 spiro atoms. The van der Waals surface area contributed by atoms with E-state index in [0.29, 0.717) is 25.1 Å². The quantitative estimate of drug-likeness (QED) is 0.504. The van der Waals surface area contributed by atoms with Crippen molar-refractivity contribution in [2.45, 2.75) is 25.8 Å². The summed E-state index contributed by atoms with van der Waals surface area (Å²) in [5.74, 6) is -0.292. The average Bonchev–Trinajstić information content (AvgIpc) is 3.02. The fraction of sp³-hybridized carbons (Fsp3) is 0.348. The number of nitrogens with one attached hydrogen (secondary N) is 1. The molecular weight excluding hydrogens is 412 g/mol. The number of nitrogens with zero attached hydrogens (tertiary/aromatic N) is 2. The maximum Gasteiger partial charge on any atom is 0.229 e. The van der Waals surface area contributed by atoms with Crippen LogP contribution in [0.15, 0.2) is 48.7 Å². The number of nitrogens with two attached hydrogens (primary N) is 1. The Kier molecular flexibility index (Phi) is 7.02. The van der Waals surface area contributed by atoms with Crippen LogP contribution in [0.5, 0.6) is 0 Å². The van der Waals surface area contributed by atoms with Crippen molar-refractivity contribution in [3.8, 4) is 0 Å². The van der Waals surface area contributed by atoms with Gasteiger partial charge in [0.15, 0.2) is 0 Å². The van der Waals surface area contributed by atoms with E-state index >= 15 is 0 Å². The highest BCUT2D eigenvalue weighted by atomic mass is 32.2. The Morgan fingerprint density at radius 3 is 2.35 bits per heavy atom. The Hall–Kier alpha value is -2.84. The monoisotopic (exact) mass is 442 g/mol. The van der Waals surface area contributed by atoms with Gasteiger partial charge in [0.25, 0.3) is 0 Å². The lowest BCUT2D eigenvalue weighted by Gasteiger charge is -2.08. The van der Waals surface area contributed by atoms with Crippen LogP contribution in [0.25, 0.3) is 10.9 Å². The van der Waals surface area contributed by atoms with E-state index in [1.807, 2.05) is 12.1 Å². The van der Waals surface area contributed by atoms with Gasteiger partial charge in [-0.05, 0) is 67.9 Å². The Morgan fingerprint density at radius 2 is 1.74 bits per heavy atom. The van der Waals surface area contributed by atoms with Gasteiger partial charge in [-0.15, -0.1) is 0 Å². The van der Waals surface area contributed by atoms with E-state index in [-0.39, 0.29) is 5.91 Å². The number of aryl methyl sites for hydroxylation is 1. The molecule has 0 atom stereocenters. The maximum atomic E-state index is 11.4. The highest BCUT2D eigenvalue weighted by Crippen LogP contribution is 2.25. The molecule has 0 radical (unpaired) electrons. The molecule has 166 valence electrons. The van der Waals surface area contributed by atoms with Crippen LogP contribution >= 0.6 is 0 Å². The first-order valence-corrected chi connectivity index (χ1v) is 12.1. The minimum atomic E-state index is -3.29. The molecular formula is C23H30N4O3S. The van der Waals surface area contributed by atoms with Crippen molar-refractivity contribution in [3.05, 3.63) is 65.4 Å². The number of rotatable bonds is 10. The summed E-state index contributed by atoms with van der Waals surface area (Å²) in [6.07, 6.45) is 5.23. The zero-order valence-electron chi connectivity index (χ0n) is 18.3. The summed E-state index contributed by atoms with van der Waals surface area (Å²) in [7, 11) is 0.828. The average molecular weight is 443 g/mol. The largest absolute Gasteiger partial charge is 0.370 e.